The molecule has 0 radical (unpaired) electrons. The third-order valence-corrected chi connectivity index (χ3v) is 2.78. The molecule has 1 heterocycles. The predicted molar refractivity (Wildman–Crippen MR) is 65.9 cm³/mol. The van der Waals surface area contributed by atoms with Gasteiger partial charge in [0.25, 0.3) is 0 Å². The van der Waals surface area contributed by atoms with Gasteiger partial charge < -0.3 is 10.5 Å². The van der Waals surface area contributed by atoms with Gasteiger partial charge in [-0.05, 0) is 33.6 Å². The van der Waals surface area contributed by atoms with Crippen molar-refractivity contribution in [3.63, 3.8) is 0 Å². The summed E-state index contributed by atoms with van der Waals surface area (Å²) >= 11 is 13.5. The van der Waals surface area contributed by atoms with Gasteiger partial charge in [0.1, 0.15) is 11.0 Å². The van der Waals surface area contributed by atoms with Crippen molar-refractivity contribution < 1.29 is 0 Å². The molecular formula is C5H4Cl2IN4P. The van der Waals surface area contributed by atoms with E-state index in [1.165, 1.54) is 0 Å². The molecule has 0 aromatic carbocycles. The summed E-state index contributed by atoms with van der Waals surface area (Å²) in [5, 5.41) is 10.3. The van der Waals surface area contributed by atoms with Crippen molar-refractivity contribution in [2.45, 2.75) is 0 Å². The summed E-state index contributed by atoms with van der Waals surface area (Å²) in [6, 6.07) is 0. The number of nitrogens with zero attached hydrogens (tertiary/aromatic N) is 2. The lowest BCUT2D eigenvalue weighted by atomic mass is 10.3. The van der Waals surface area contributed by atoms with Crippen LogP contribution in [0.15, 0.2) is 0 Å². The van der Waals surface area contributed by atoms with Gasteiger partial charge in [-0.25, -0.2) is 4.98 Å². The number of aromatic nitrogens is 2. The molecule has 0 saturated carbocycles. The molecule has 1 atom stereocenters. The Kier molecular flexibility index (Phi) is 4.58. The molecule has 1 aromatic heterocycles. The summed E-state index contributed by atoms with van der Waals surface area (Å²) in [5.41, 5.74) is 0.454. The van der Waals surface area contributed by atoms with E-state index in [2.05, 4.69) is 37.1 Å². The van der Waals surface area contributed by atoms with Crippen LogP contribution in [-0.4, -0.2) is 16.2 Å². The van der Waals surface area contributed by atoms with Crippen LogP contribution in [0.1, 0.15) is 5.56 Å². The van der Waals surface area contributed by atoms with Crippen molar-refractivity contribution >= 4 is 63.6 Å². The van der Waals surface area contributed by atoms with E-state index in [0.717, 1.165) is 6.21 Å². The van der Waals surface area contributed by atoms with Crippen molar-refractivity contribution in [3.05, 3.63) is 16.0 Å². The van der Waals surface area contributed by atoms with Gasteiger partial charge in [-0.1, -0.05) is 11.6 Å². The highest BCUT2D eigenvalue weighted by atomic mass is 127. The number of hydrogen-bond donors (Lipinski definition) is 2. The Morgan fingerprint density at radius 1 is 1.46 bits per heavy atom. The molecule has 2 N–H and O–H groups in total. The number of halogens is 3. The monoisotopic (exact) mass is 348 g/mol. The lowest BCUT2D eigenvalue weighted by molar-refractivity contribution is 1.17. The fraction of sp³-hybridized carbons (Fsp3) is 0. The van der Waals surface area contributed by atoms with E-state index < -0.39 is 0 Å². The summed E-state index contributed by atoms with van der Waals surface area (Å²) in [5.74, 6) is 0.493. The molecule has 1 aromatic rings. The number of rotatable bonds is 3. The zero-order valence-electron chi connectivity index (χ0n) is 6.11. The van der Waals surface area contributed by atoms with Crippen molar-refractivity contribution in [3.8, 4) is 0 Å². The summed E-state index contributed by atoms with van der Waals surface area (Å²) in [6.45, 7) is 0. The first-order chi connectivity index (χ1) is 6.19. The molecule has 0 aliphatic carbocycles. The summed E-state index contributed by atoms with van der Waals surface area (Å²) in [7, 11) is 0. The number of anilines is 1. The average Bonchev–Trinajstić information content (AvgIpc) is 2.04. The zero-order valence-corrected chi connectivity index (χ0v) is 10.8. The minimum Gasteiger partial charge on any atom is -0.342 e. The molecule has 0 bridgehead atoms. The van der Waals surface area contributed by atoms with Gasteiger partial charge in [0.2, 0.25) is 5.28 Å². The maximum absolute atomic E-state index is 7.10. The molecule has 8 heteroatoms. The Hall–Kier alpha value is 0.290. The zero-order chi connectivity index (χ0) is 9.84. The first kappa shape index (κ1) is 11.4. The largest absolute Gasteiger partial charge is 0.342 e. The van der Waals surface area contributed by atoms with Crippen LogP contribution >= 0.6 is 51.6 Å². The Morgan fingerprint density at radius 3 is 2.69 bits per heavy atom. The van der Waals surface area contributed by atoms with Crippen LogP contribution in [0.25, 0.3) is 0 Å². The van der Waals surface area contributed by atoms with Crippen LogP contribution in [0.2, 0.25) is 10.4 Å². The van der Waals surface area contributed by atoms with Crippen LogP contribution in [0.4, 0.5) is 5.82 Å². The Morgan fingerprint density at radius 2 is 2.15 bits per heavy atom. The Labute approximate surface area is 99.7 Å². The molecular weight excluding hydrogens is 345 g/mol. The SMILES string of the molecule is N=Cc1c(Cl)nc(Cl)nc1NPI. The molecule has 4 nitrogen and oxygen atoms in total. The van der Waals surface area contributed by atoms with Crippen LogP contribution in [0, 0.1) is 5.41 Å². The standard InChI is InChI=1S/C5H4Cl2IN4P/c6-3-2(1-9)4(12-13-8)11-5(7)10-3/h1,9,13H,(H,10,11,12). The average molecular weight is 349 g/mol. The first-order valence-corrected chi connectivity index (χ1v) is 7.91. The molecule has 0 amide bonds. The first-order valence-electron chi connectivity index (χ1n) is 3.04. The van der Waals surface area contributed by atoms with Crippen molar-refractivity contribution in [1.29, 1.82) is 5.41 Å². The van der Waals surface area contributed by atoms with Gasteiger partial charge in [0.15, 0.2) is 0 Å². The van der Waals surface area contributed by atoms with E-state index in [4.69, 9.17) is 28.6 Å². The normalized spacial score (nSPS) is 10.7. The smallest absolute Gasteiger partial charge is 0.225 e. The van der Waals surface area contributed by atoms with Crippen LogP contribution in [0.5, 0.6) is 0 Å². The molecule has 0 aliphatic rings. The van der Waals surface area contributed by atoms with Crippen LogP contribution in [0.3, 0.4) is 0 Å². The van der Waals surface area contributed by atoms with Crippen molar-refractivity contribution in [2.75, 3.05) is 5.09 Å². The lowest BCUT2D eigenvalue weighted by Gasteiger charge is -2.05. The minimum atomic E-state index is 0.0766. The minimum absolute atomic E-state index is 0.0766. The van der Waals surface area contributed by atoms with Gasteiger partial charge in [-0.15, -0.1) is 0 Å². The van der Waals surface area contributed by atoms with E-state index in [1.54, 1.807) is 0 Å². The van der Waals surface area contributed by atoms with E-state index in [-0.39, 0.29) is 10.4 Å². The van der Waals surface area contributed by atoms with Gasteiger partial charge in [-0.2, -0.15) is 4.98 Å². The van der Waals surface area contributed by atoms with Crippen LogP contribution < -0.4 is 5.09 Å². The second kappa shape index (κ2) is 5.24. The van der Waals surface area contributed by atoms with E-state index in [0.29, 0.717) is 17.8 Å². The number of nitrogens with one attached hydrogen (secondary N) is 2. The lowest BCUT2D eigenvalue weighted by Crippen LogP contribution is -1.98. The summed E-state index contributed by atoms with van der Waals surface area (Å²) in [6.07, 6.45) is 1.53. The van der Waals surface area contributed by atoms with Gasteiger partial charge in [0.05, 0.1) is 5.56 Å². The van der Waals surface area contributed by atoms with E-state index in [1.807, 2.05) is 0 Å². The molecule has 13 heavy (non-hydrogen) atoms. The van der Waals surface area contributed by atoms with E-state index >= 15 is 0 Å². The quantitative estimate of drug-likeness (QED) is 0.290. The van der Waals surface area contributed by atoms with E-state index in [9.17, 15) is 0 Å². The highest BCUT2D eigenvalue weighted by Crippen LogP contribution is 2.28. The van der Waals surface area contributed by atoms with Gasteiger partial charge >= 0.3 is 0 Å². The maximum atomic E-state index is 7.10. The summed E-state index contributed by atoms with van der Waals surface area (Å²) in [4.78, 5) is 7.62. The molecule has 1 unspecified atom stereocenters. The van der Waals surface area contributed by atoms with Crippen molar-refractivity contribution in [1.82, 2.24) is 9.97 Å². The van der Waals surface area contributed by atoms with Crippen molar-refractivity contribution in [2.24, 2.45) is 0 Å². The second-order valence-corrected chi connectivity index (χ2v) is 4.66. The van der Waals surface area contributed by atoms with Gasteiger partial charge in [-0.3, -0.25) is 0 Å². The van der Waals surface area contributed by atoms with Crippen LogP contribution in [-0.2, 0) is 0 Å². The predicted octanol–water partition coefficient (Wildman–Crippen LogP) is 3.14. The maximum Gasteiger partial charge on any atom is 0.225 e. The highest BCUT2D eigenvalue weighted by molar-refractivity contribution is 14.2. The fourth-order valence-corrected chi connectivity index (χ4v) is 2.17. The topological polar surface area (TPSA) is 61.7 Å². The molecule has 0 aliphatic heterocycles. The third kappa shape index (κ3) is 2.87. The second-order valence-electron chi connectivity index (χ2n) is 1.91. The fourth-order valence-electron chi connectivity index (χ4n) is 0.684. The molecule has 1 rings (SSSR count). The highest BCUT2D eigenvalue weighted by Gasteiger charge is 2.09. The molecule has 0 fully saturated rings. The third-order valence-electron chi connectivity index (χ3n) is 1.18. The Bertz CT molecular complexity index is 335. The number of hydrogen-bond acceptors (Lipinski definition) is 4. The Balaban J connectivity index is 3.20. The van der Waals surface area contributed by atoms with Gasteiger partial charge in [0, 0.05) is 12.6 Å². The molecule has 0 spiro atoms. The summed E-state index contributed by atoms with van der Waals surface area (Å²) < 4.78 is 0. The molecule has 70 valence electrons. The molecule has 0 saturated heterocycles.